The number of carboxylic acids is 1. The number of rotatable bonds is 4. The number of Topliss-reactive ketones (excluding diaryl/α,β-unsaturated/α-hetero) is 1. The Morgan fingerprint density at radius 1 is 1.44 bits per heavy atom. The lowest BCUT2D eigenvalue weighted by atomic mass is 10.2. The van der Waals surface area contributed by atoms with Gasteiger partial charge in [0.1, 0.15) is 12.3 Å². The number of aliphatic carboxylic acids is 1. The summed E-state index contributed by atoms with van der Waals surface area (Å²) in [6.07, 6.45) is 0.180. The second kappa shape index (κ2) is 3.77. The average Bonchev–Trinajstić information content (AvgIpc) is 1.82. The summed E-state index contributed by atoms with van der Waals surface area (Å²) in [5, 5.41) is 9.63. The average molecular weight is 129 g/mol. The van der Waals surface area contributed by atoms with Gasteiger partial charge in [0.25, 0.3) is 0 Å². The van der Waals surface area contributed by atoms with Gasteiger partial charge < -0.3 is 14.7 Å². The van der Waals surface area contributed by atoms with Crippen LogP contribution in [0, 0.1) is 0 Å². The van der Waals surface area contributed by atoms with Gasteiger partial charge in [0, 0.05) is 12.8 Å². The third kappa shape index (κ3) is 3.40. The van der Waals surface area contributed by atoms with Gasteiger partial charge >= 0.3 is 0 Å². The van der Waals surface area contributed by atoms with E-state index in [0.717, 1.165) is 0 Å². The normalized spacial score (nSPS) is 8.44. The zero-order valence-corrected chi connectivity index (χ0v) is 4.62. The van der Waals surface area contributed by atoms with Crippen LogP contribution in [0.15, 0.2) is 0 Å². The van der Waals surface area contributed by atoms with E-state index in [-0.39, 0.29) is 12.8 Å². The van der Waals surface area contributed by atoms with Crippen molar-refractivity contribution in [3.8, 4) is 0 Å². The molecule has 0 aromatic heterocycles. The van der Waals surface area contributed by atoms with Gasteiger partial charge in [0.2, 0.25) is 0 Å². The lowest BCUT2D eigenvalue weighted by Gasteiger charge is -1.94. The fourth-order valence-corrected chi connectivity index (χ4v) is 0.292. The zero-order valence-electron chi connectivity index (χ0n) is 4.62. The molecule has 0 aliphatic heterocycles. The molecule has 0 radical (unpaired) electrons. The Labute approximate surface area is 51.5 Å². The Kier molecular flexibility index (Phi) is 3.27. The van der Waals surface area contributed by atoms with Crippen LogP contribution in [0.5, 0.6) is 0 Å². The summed E-state index contributed by atoms with van der Waals surface area (Å²) in [5.74, 6) is -2.75. The first-order chi connectivity index (χ1) is 4.18. The standard InChI is InChI=1S/C5H6O4/c6-3-1-2-4(7)5(8)9/h3H,1-2H2,(H,8,9)/p-1. The van der Waals surface area contributed by atoms with Crippen molar-refractivity contribution < 1.29 is 19.5 Å². The number of carboxylic acid groups (broad SMARTS) is 1. The van der Waals surface area contributed by atoms with Crippen LogP contribution in [0.4, 0.5) is 0 Å². The highest BCUT2D eigenvalue weighted by Crippen LogP contribution is 1.84. The summed E-state index contributed by atoms with van der Waals surface area (Å²) in [4.78, 5) is 29.3. The van der Waals surface area contributed by atoms with Gasteiger partial charge in [-0.3, -0.25) is 4.79 Å². The predicted molar refractivity (Wildman–Crippen MR) is 25.3 cm³/mol. The van der Waals surface area contributed by atoms with Crippen LogP contribution >= 0.6 is 0 Å². The van der Waals surface area contributed by atoms with Gasteiger partial charge in [-0.15, -0.1) is 0 Å². The van der Waals surface area contributed by atoms with Crippen LogP contribution in [-0.2, 0) is 14.4 Å². The minimum atomic E-state index is -1.73. The van der Waals surface area contributed by atoms with Gasteiger partial charge in [0.15, 0.2) is 5.78 Å². The number of hydrogen-bond donors (Lipinski definition) is 0. The van der Waals surface area contributed by atoms with E-state index in [2.05, 4.69) is 0 Å². The van der Waals surface area contributed by atoms with E-state index < -0.39 is 11.8 Å². The third-order valence-corrected chi connectivity index (χ3v) is 0.717. The summed E-state index contributed by atoms with van der Waals surface area (Å²) in [7, 11) is 0. The quantitative estimate of drug-likeness (QED) is 0.334. The Hall–Kier alpha value is -1.19. The molecular weight excluding hydrogens is 124 g/mol. The highest BCUT2D eigenvalue weighted by atomic mass is 16.4. The molecular formula is C5H5O4-. The molecule has 50 valence electrons. The maximum absolute atomic E-state index is 10.1. The van der Waals surface area contributed by atoms with Crippen molar-refractivity contribution >= 4 is 18.0 Å². The van der Waals surface area contributed by atoms with Crippen LogP contribution in [0.1, 0.15) is 12.8 Å². The molecule has 0 spiro atoms. The Balaban J connectivity index is 3.51. The molecule has 0 fully saturated rings. The van der Waals surface area contributed by atoms with Gasteiger partial charge in [0.05, 0.1) is 0 Å². The molecule has 0 aliphatic carbocycles. The second-order valence-electron chi connectivity index (χ2n) is 1.42. The van der Waals surface area contributed by atoms with Crippen molar-refractivity contribution in [1.82, 2.24) is 0 Å². The van der Waals surface area contributed by atoms with Crippen LogP contribution in [0.25, 0.3) is 0 Å². The van der Waals surface area contributed by atoms with Gasteiger partial charge in [-0.05, 0) is 0 Å². The summed E-state index contributed by atoms with van der Waals surface area (Å²) >= 11 is 0. The van der Waals surface area contributed by atoms with Crippen molar-refractivity contribution in [3.05, 3.63) is 0 Å². The van der Waals surface area contributed by atoms with Crippen LogP contribution < -0.4 is 5.11 Å². The Morgan fingerprint density at radius 3 is 2.33 bits per heavy atom. The molecule has 9 heavy (non-hydrogen) atoms. The molecule has 0 saturated carbocycles. The third-order valence-electron chi connectivity index (χ3n) is 0.717. The maximum atomic E-state index is 10.1. The SMILES string of the molecule is O=CCCC(=O)C(=O)[O-]. The molecule has 0 unspecified atom stereocenters. The van der Waals surface area contributed by atoms with Crippen molar-refractivity contribution in [2.45, 2.75) is 12.8 Å². The number of carbonyl (C=O) groups is 3. The Bertz CT molecular complexity index is 138. The van der Waals surface area contributed by atoms with E-state index in [4.69, 9.17) is 0 Å². The highest BCUT2D eigenvalue weighted by Gasteiger charge is 1.99. The second-order valence-corrected chi connectivity index (χ2v) is 1.42. The predicted octanol–water partition coefficient (Wildman–Crippen LogP) is -1.72. The fourth-order valence-electron chi connectivity index (χ4n) is 0.292. The smallest absolute Gasteiger partial charge is 0.178 e. The van der Waals surface area contributed by atoms with Crippen LogP contribution in [-0.4, -0.2) is 18.0 Å². The van der Waals surface area contributed by atoms with Crippen molar-refractivity contribution in [1.29, 1.82) is 0 Å². The van der Waals surface area contributed by atoms with Gasteiger partial charge in [-0.2, -0.15) is 0 Å². The molecule has 0 saturated heterocycles. The van der Waals surface area contributed by atoms with E-state index >= 15 is 0 Å². The minimum absolute atomic E-state index is 0.0488. The summed E-state index contributed by atoms with van der Waals surface area (Å²) in [5.41, 5.74) is 0. The first-order valence-electron chi connectivity index (χ1n) is 2.36. The molecule has 0 N–H and O–H groups in total. The molecule has 0 aliphatic rings. The maximum Gasteiger partial charge on any atom is 0.178 e. The van der Waals surface area contributed by atoms with Gasteiger partial charge in [-0.25, -0.2) is 0 Å². The van der Waals surface area contributed by atoms with Gasteiger partial charge in [-0.1, -0.05) is 0 Å². The zero-order chi connectivity index (χ0) is 7.28. The summed E-state index contributed by atoms with van der Waals surface area (Å²) in [6.45, 7) is 0. The van der Waals surface area contributed by atoms with Crippen molar-refractivity contribution in [3.63, 3.8) is 0 Å². The molecule has 0 aromatic rings. The van der Waals surface area contributed by atoms with Crippen molar-refractivity contribution in [2.75, 3.05) is 0 Å². The van der Waals surface area contributed by atoms with E-state index in [1.807, 2.05) is 0 Å². The van der Waals surface area contributed by atoms with E-state index in [0.29, 0.717) is 6.29 Å². The molecule has 0 atom stereocenters. The van der Waals surface area contributed by atoms with Crippen LogP contribution in [0.3, 0.4) is 0 Å². The molecule has 0 bridgehead atoms. The number of carbonyl (C=O) groups excluding carboxylic acids is 3. The number of ketones is 1. The molecule has 0 amide bonds. The van der Waals surface area contributed by atoms with E-state index in [9.17, 15) is 19.5 Å². The topological polar surface area (TPSA) is 74.3 Å². The lowest BCUT2D eigenvalue weighted by Crippen LogP contribution is -2.31. The molecule has 0 heterocycles. The largest absolute Gasteiger partial charge is 0.542 e. The monoisotopic (exact) mass is 129 g/mol. The molecule has 4 nitrogen and oxygen atoms in total. The fraction of sp³-hybridized carbons (Fsp3) is 0.400. The first kappa shape index (κ1) is 7.81. The number of aldehydes is 1. The van der Waals surface area contributed by atoms with Crippen LogP contribution in [0.2, 0.25) is 0 Å². The molecule has 0 rings (SSSR count). The molecule has 0 aromatic carbocycles. The van der Waals surface area contributed by atoms with E-state index in [1.54, 1.807) is 0 Å². The lowest BCUT2D eigenvalue weighted by molar-refractivity contribution is -0.300. The summed E-state index contributed by atoms with van der Waals surface area (Å²) in [6, 6.07) is 0. The van der Waals surface area contributed by atoms with Crippen molar-refractivity contribution in [2.24, 2.45) is 0 Å². The summed E-state index contributed by atoms with van der Waals surface area (Å²) < 4.78 is 0. The van der Waals surface area contributed by atoms with E-state index in [1.165, 1.54) is 0 Å². The number of hydrogen-bond acceptors (Lipinski definition) is 4. The highest BCUT2D eigenvalue weighted by molar-refractivity contribution is 6.31. The minimum Gasteiger partial charge on any atom is -0.542 e. The molecule has 4 heteroatoms. The Morgan fingerprint density at radius 2 is 2.00 bits per heavy atom. The first-order valence-corrected chi connectivity index (χ1v) is 2.36.